The molecule has 7 heteroatoms. The average molecular weight is 288 g/mol. The number of aliphatic imine (C=N–C) groups is 1. The summed E-state index contributed by atoms with van der Waals surface area (Å²) in [7, 11) is 0. The van der Waals surface area contributed by atoms with E-state index in [1.807, 2.05) is 6.07 Å². The lowest BCUT2D eigenvalue weighted by Gasteiger charge is -2.05. The molecule has 2 N–H and O–H groups in total. The molecule has 0 radical (unpaired) electrons. The van der Waals surface area contributed by atoms with Gasteiger partial charge in [0.25, 0.3) is 5.56 Å². The van der Waals surface area contributed by atoms with Crippen molar-refractivity contribution in [3.8, 4) is 0 Å². The Labute approximate surface area is 118 Å². The molecule has 0 unspecified atom stereocenters. The first kappa shape index (κ1) is 12.9. The fourth-order valence-corrected chi connectivity index (χ4v) is 2.78. The molecule has 0 spiro atoms. The monoisotopic (exact) mass is 288 g/mol. The third-order valence-electron chi connectivity index (χ3n) is 2.93. The molecular formula is C13H12N4O2S. The van der Waals surface area contributed by atoms with Crippen molar-refractivity contribution >= 4 is 33.6 Å². The summed E-state index contributed by atoms with van der Waals surface area (Å²) in [6, 6.07) is 7.11. The van der Waals surface area contributed by atoms with Gasteiger partial charge in [-0.05, 0) is 6.07 Å². The third-order valence-corrected chi connectivity index (χ3v) is 3.83. The summed E-state index contributed by atoms with van der Waals surface area (Å²) < 4.78 is 0. The number of amides is 1. The Morgan fingerprint density at radius 2 is 2.15 bits per heavy atom. The highest BCUT2D eigenvalue weighted by Gasteiger charge is 2.14. The Bertz CT molecular complexity index is 753. The summed E-state index contributed by atoms with van der Waals surface area (Å²) in [5.41, 5.74) is 0.307. The Balaban J connectivity index is 1.85. The maximum atomic E-state index is 12.0. The highest BCUT2D eigenvalue weighted by Crippen LogP contribution is 2.13. The number of carbonyl (C=O) groups excluding carboxylic acids is 1. The van der Waals surface area contributed by atoms with Crippen molar-refractivity contribution in [3.05, 3.63) is 40.3 Å². The largest absolute Gasteiger partial charge is 0.305 e. The van der Waals surface area contributed by atoms with Crippen molar-refractivity contribution in [1.29, 1.82) is 0 Å². The first-order valence-corrected chi connectivity index (χ1v) is 7.16. The van der Waals surface area contributed by atoms with Crippen molar-refractivity contribution < 1.29 is 4.79 Å². The number of benzene rings is 1. The number of aromatic amines is 1. The minimum Gasteiger partial charge on any atom is -0.305 e. The number of rotatable bonds is 2. The van der Waals surface area contributed by atoms with Crippen LogP contribution >= 0.6 is 11.8 Å². The molecule has 6 nitrogen and oxygen atoms in total. The number of carbonyl (C=O) groups is 1. The molecule has 3 rings (SSSR count). The van der Waals surface area contributed by atoms with E-state index in [1.165, 1.54) is 11.8 Å². The Hall–Kier alpha value is -2.15. The van der Waals surface area contributed by atoms with Crippen molar-refractivity contribution in [2.75, 3.05) is 12.3 Å². The van der Waals surface area contributed by atoms with Crippen LogP contribution in [-0.4, -0.2) is 33.6 Å². The molecule has 1 aliphatic rings. The van der Waals surface area contributed by atoms with E-state index in [0.29, 0.717) is 21.6 Å². The lowest BCUT2D eigenvalue weighted by molar-refractivity contribution is -0.119. The number of amidine groups is 1. The predicted octanol–water partition coefficient (Wildman–Crippen LogP) is 0.685. The summed E-state index contributed by atoms with van der Waals surface area (Å²) >= 11 is 1.53. The SMILES string of the molecule is O=C(Cc1n[nH]c(=O)c2ccccc12)NC1=NCCS1. The molecule has 2 heterocycles. The summed E-state index contributed by atoms with van der Waals surface area (Å²) in [5, 5.41) is 11.0. The van der Waals surface area contributed by atoms with Gasteiger partial charge >= 0.3 is 0 Å². The molecule has 0 fully saturated rings. The van der Waals surface area contributed by atoms with Crippen LogP contribution < -0.4 is 10.9 Å². The molecule has 0 bridgehead atoms. The molecule has 0 saturated heterocycles. The van der Waals surface area contributed by atoms with Gasteiger partial charge in [-0.2, -0.15) is 5.10 Å². The number of fused-ring (bicyclic) bond motifs is 1. The zero-order chi connectivity index (χ0) is 13.9. The Morgan fingerprint density at radius 1 is 1.35 bits per heavy atom. The van der Waals surface area contributed by atoms with Gasteiger partial charge in [-0.3, -0.25) is 14.6 Å². The van der Waals surface area contributed by atoms with Crippen LogP contribution in [0, 0.1) is 0 Å². The topological polar surface area (TPSA) is 87.2 Å². The summed E-state index contributed by atoms with van der Waals surface area (Å²) in [4.78, 5) is 27.8. The van der Waals surface area contributed by atoms with Gasteiger partial charge in [0.1, 0.15) is 0 Å². The number of hydrogen-bond acceptors (Lipinski definition) is 5. The van der Waals surface area contributed by atoms with Crippen LogP contribution in [-0.2, 0) is 11.2 Å². The molecule has 1 aliphatic heterocycles. The summed E-state index contributed by atoms with van der Waals surface area (Å²) in [5.74, 6) is 0.720. The van der Waals surface area contributed by atoms with Crippen molar-refractivity contribution in [2.45, 2.75) is 6.42 Å². The van der Waals surface area contributed by atoms with Gasteiger partial charge in [0.15, 0.2) is 5.17 Å². The molecule has 0 aliphatic carbocycles. The maximum Gasteiger partial charge on any atom is 0.272 e. The average Bonchev–Trinajstić information content (AvgIpc) is 2.95. The van der Waals surface area contributed by atoms with Crippen molar-refractivity contribution in [2.24, 2.45) is 4.99 Å². The van der Waals surface area contributed by atoms with Crippen LogP contribution in [0.2, 0.25) is 0 Å². The third kappa shape index (κ3) is 2.57. The predicted molar refractivity (Wildman–Crippen MR) is 79.0 cm³/mol. The van der Waals surface area contributed by atoms with Gasteiger partial charge in [-0.15, -0.1) is 0 Å². The number of hydrogen-bond donors (Lipinski definition) is 2. The van der Waals surface area contributed by atoms with Crippen LogP contribution in [0.3, 0.4) is 0 Å². The highest BCUT2D eigenvalue weighted by molar-refractivity contribution is 8.14. The maximum absolute atomic E-state index is 12.0. The van der Waals surface area contributed by atoms with E-state index in [1.54, 1.807) is 18.2 Å². The van der Waals surface area contributed by atoms with Crippen LogP contribution in [0.5, 0.6) is 0 Å². The first-order chi connectivity index (χ1) is 9.74. The Morgan fingerprint density at radius 3 is 2.90 bits per heavy atom. The van der Waals surface area contributed by atoms with E-state index in [0.717, 1.165) is 12.3 Å². The lowest BCUT2D eigenvalue weighted by atomic mass is 10.1. The van der Waals surface area contributed by atoms with Gasteiger partial charge in [0, 0.05) is 11.1 Å². The molecule has 1 amide bonds. The fourth-order valence-electron chi connectivity index (χ4n) is 2.03. The summed E-state index contributed by atoms with van der Waals surface area (Å²) in [6.45, 7) is 0.736. The highest BCUT2D eigenvalue weighted by atomic mass is 32.2. The number of aromatic nitrogens is 2. The van der Waals surface area contributed by atoms with Crippen LogP contribution in [0.4, 0.5) is 0 Å². The van der Waals surface area contributed by atoms with Crippen LogP contribution in [0.25, 0.3) is 10.8 Å². The molecule has 1 aromatic carbocycles. The second kappa shape index (κ2) is 5.46. The van der Waals surface area contributed by atoms with E-state index in [2.05, 4.69) is 20.5 Å². The van der Waals surface area contributed by atoms with Gasteiger partial charge in [-0.1, -0.05) is 30.0 Å². The lowest BCUT2D eigenvalue weighted by Crippen LogP contribution is -2.29. The molecular weight excluding hydrogens is 276 g/mol. The van der Waals surface area contributed by atoms with E-state index in [4.69, 9.17) is 0 Å². The number of thioether (sulfide) groups is 1. The van der Waals surface area contributed by atoms with Gasteiger partial charge in [0.05, 0.1) is 24.0 Å². The van der Waals surface area contributed by atoms with Gasteiger partial charge in [0.2, 0.25) is 5.91 Å². The zero-order valence-electron chi connectivity index (χ0n) is 10.5. The van der Waals surface area contributed by atoms with E-state index in [-0.39, 0.29) is 17.9 Å². The first-order valence-electron chi connectivity index (χ1n) is 6.17. The smallest absolute Gasteiger partial charge is 0.272 e. The van der Waals surface area contributed by atoms with E-state index >= 15 is 0 Å². The zero-order valence-corrected chi connectivity index (χ0v) is 11.4. The molecule has 0 atom stereocenters. The van der Waals surface area contributed by atoms with E-state index < -0.39 is 0 Å². The number of H-pyrrole nitrogens is 1. The second-order valence-electron chi connectivity index (χ2n) is 4.31. The summed E-state index contributed by atoms with van der Waals surface area (Å²) in [6.07, 6.45) is 0.108. The van der Waals surface area contributed by atoms with Crippen molar-refractivity contribution in [1.82, 2.24) is 15.5 Å². The number of nitrogens with zero attached hydrogens (tertiary/aromatic N) is 2. The fraction of sp³-hybridized carbons (Fsp3) is 0.231. The standard InChI is InChI=1S/C13H12N4O2S/c18-11(15-13-14-5-6-20-13)7-10-8-3-1-2-4-9(8)12(19)17-16-10/h1-4H,5-7H2,(H,17,19)(H,14,15,18). The van der Waals surface area contributed by atoms with Crippen LogP contribution in [0.15, 0.2) is 34.1 Å². The molecule has 1 aromatic heterocycles. The van der Waals surface area contributed by atoms with Crippen molar-refractivity contribution in [3.63, 3.8) is 0 Å². The second-order valence-corrected chi connectivity index (χ2v) is 5.39. The minimum absolute atomic E-state index is 0.108. The molecule has 2 aromatic rings. The van der Waals surface area contributed by atoms with Crippen LogP contribution in [0.1, 0.15) is 5.69 Å². The molecule has 102 valence electrons. The quantitative estimate of drug-likeness (QED) is 0.851. The molecule has 20 heavy (non-hydrogen) atoms. The minimum atomic E-state index is -0.250. The molecule has 0 saturated carbocycles. The Kier molecular flexibility index (Phi) is 3.51. The van der Waals surface area contributed by atoms with E-state index in [9.17, 15) is 9.59 Å². The number of nitrogens with one attached hydrogen (secondary N) is 2. The normalized spacial score (nSPS) is 14.3. The van der Waals surface area contributed by atoms with Gasteiger partial charge in [-0.25, -0.2) is 5.10 Å². The van der Waals surface area contributed by atoms with Gasteiger partial charge < -0.3 is 5.32 Å².